The van der Waals surface area contributed by atoms with Gasteiger partial charge in [0.25, 0.3) is 0 Å². The summed E-state index contributed by atoms with van der Waals surface area (Å²) in [5, 5.41) is 8.99. The Kier molecular flexibility index (Phi) is 4.14. The molecule has 14 heavy (non-hydrogen) atoms. The van der Waals surface area contributed by atoms with Crippen LogP contribution in [0, 0.1) is 5.92 Å². The highest BCUT2D eigenvalue weighted by molar-refractivity contribution is 5.08. The summed E-state index contributed by atoms with van der Waals surface area (Å²) >= 11 is 0. The molecule has 0 spiro atoms. The lowest BCUT2D eigenvalue weighted by Gasteiger charge is -2.47. The first kappa shape index (κ1) is 11.7. The summed E-state index contributed by atoms with van der Waals surface area (Å²) in [5.41, 5.74) is 0.126. The van der Waals surface area contributed by atoms with Gasteiger partial charge in [-0.05, 0) is 25.8 Å². The van der Waals surface area contributed by atoms with Gasteiger partial charge in [-0.25, -0.2) is 0 Å². The van der Waals surface area contributed by atoms with Gasteiger partial charge in [-0.1, -0.05) is 25.8 Å². The van der Waals surface area contributed by atoms with Gasteiger partial charge in [-0.3, -0.25) is 4.90 Å². The predicted octanol–water partition coefficient (Wildman–Crippen LogP) is 2.05. The smallest absolute Gasteiger partial charge is 0.0558 e. The second-order valence-electron chi connectivity index (χ2n) is 4.49. The summed E-state index contributed by atoms with van der Waals surface area (Å²) in [6, 6.07) is 0. The van der Waals surface area contributed by atoms with Crippen LogP contribution in [0.2, 0.25) is 0 Å². The molecule has 0 amide bonds. The van der Waals surface area contributed by atoms with Crippen molar-refractivity contribution in [1.82, 2.24) is 4.90 Å². The van der Waals surface area contributed by atoms with Crippen LogP contribution in [0.5, 0.6) is 0 Å². The van der Waals surface area contributed by atoms with Gasteiger partial charge in [0.1, 0.15) is 0 Å². The Labute approximate surface area is 87.6 Å². The largest absolute Gasteiger partial charge is 0.395 e. The first-order chi connectivity index (χ1) is 6.67. The van der Waals surface area contributed by atoms with Gasteiger partial charge in [0, 0.05) is 12.1 Å². The zero-order valence-electron chi connectivity index (χ0n) is 9.50. The van der Waals surface area contributed by atoms with E-state index in [0.29, 0.717) is 5.92 Å². The van der Waals surface area contributed by atoms with E-state index in [1.807, 2.05) is 0 Å². The molecule has 0 aromatic carbocycles. The number of hydrogen-bond acceptors (Lipinski definition) is 2. The van der Waals surface area contributed by atoms with Crippen molar-refractivity contribution in [2.75, 3.05) is 20.2 Å². The molecule has 0 radical (unpaired) electrons. The molecule has 0 aromatic rings. The number of β-amino-alcohol motifs (C(OH)–C–C–N with tert-alkyl or cyclic N) is 1. The normalized spacial score (nSPS) is 33.3. The van der Waals surface area contributed by atoms with Crippen LogP contribution in [0.4, 0.5) is 0 Å². The molecule has 0 unspecified atom stereocenters. The van der Waals surface area contributed by atoms with Crippen molar-refractivity contribution in [3.05, 3.63) is 12.7 Å². The van der Waals surface area contributed by atoms with Crippen molar-refractivity contribution in [3.63, 3.8) is 0 Å². The SMILES string of the molecule is C=C[C@]1(N(C)CCO)CCCC[C@H]1C. The average Bonchev–Trinajstić information content (AvgIpc) is 2.19. The minimum Gasteiger partial charge on any atom is -0.395 e. The van der Waals surface area contributed by atoms with Crippen LogP contribution in [0.1, 0.15) is 32.6 Å². The van der Waals surface area contributed by atoms with Gasteiger partial charge in [-0.15, -0.1) is 6.58 Å². The van der Waals surface area contributed by atoms with Crippen LogP contribution in [0.15, 0.2) is 12.7 Å². The second-order valence-corrected chi connectivity index (χ2v) is 4.49. The van der Waals surface area contributed by atoms with Crippen molar-refractivity contribution in [2.24, 2.45) is 5.92 Å². The Hall–Kier alpha value is -0.340. The monoisotopic (exact) mass is 197 g/mol. The van der Waals surface area contributed by atoms with E-state index in [2.05, 4.69) is 31.5 Å². The topological polar surface area (TPSA) is 23.5 Å². The Morgan fingerprint density at radius 1 is 1.57 bits per heavy atom. The lowest BCUT2D eigenvalue weighted by molar-refractivity contribution is 0.0552. The average molecular weight is 197 g/mol. The number of aliphatic hydroxyl groups is 1. The standard InChI is InChI=1S/C12H23NO/c1-4-12(13(3)9-10-14)8-6-5-7-11(12)2/h4,11,14H,1,5-10H2,2-3H3/t11-,12+/m1/s1. The molecule has 1 aliphatic carbocycles. The molecule has 2 nitrogen and oxygen atoms in total. The summed E-state index contributed by atoms with van der Waals surface area (Å²) in [6.07, 6.45) is 7.18. The van der Waals surface area contributed by atoms with Crippen molar-refractivity contribution in [1.29, 1.82) is 0 Å². The molecule has 2 atom stereocenters. The zero-order valence-corrected chi connectivity index (χ0v) is 9.50. The van der Waals surface area contributed by atoms with E-state index in [4.69, 9.17) is 5.11 Å². The van der Waals surface area contributed by atoms with Gasteiger partial charge in [0.15, 0.2) is 0 Å². The molecule has 1 aliphatic rings. The van der Waals surface area contributed by atoms with Crippen LogP contribution in [0.25, 0.3) is 0 Å². The fourth-order valence-electron chi connectivity index (χ4n) is 2.74. The second kappa shape index (κ2) is 4.94. The van der Waals surface area contributed by atoms with Crippen LogP contribution in [0.3, 0.4) is 0 Å². The van der Waals surface area contributed by atoms with Crippen LogP contribution >= 0.6 is 0 Å². The van der Waals surface area contributed by atoms with E-state index < -0.39 is 0 Å². The lowest BCUT2D eigenvalue weighted by Crippen LogP contribution is -2.52. The van der Waals surface area contributed by atoms with Crippen molar-refractivity contribution in [2.45, 2.75) is 38.1 Å². The summed E-state index contributed by atoms with van der Waals surface area (Å²) in [5.74, 6) is 0.658. The lowest BCUT2D eigenvalue weighted by atomic mass is 9.72. The van der Waals surface area contributed by atoms with Gasteiger partial charge in [-0.2, -0.15) is 0 Å². The maximum absolute atomic E-state index is 8.99. The van der Waals surface area contributed by atoms with Crippen molar-refractivity contribution in [3.8, 4) is 0 Å². The third-order valence-corrected chi connectivity index (χ3v) is 3.82. The number of nitrogens with zero attached hydrogens (tertiary/aromatic N) is 1. The molecule has 0 aliphatic heterocycles. The maximum atomic E-state index is 8.99. The van der Waals surface area contributed by atoms with E-state index in [0.717, 1.165) is 6.54 Å². The highest BCUT2D eigenvalue weighted by Crippen LogP contribution is 2.38. The minimum atomic E-state index is 0.126. The van der Waals surface area contributed by atoms with Gasteiger partial charge < -0.3 is 5.11 Å². The Morgan fingerprint density at radius 2 is 2.29 bits per heavy atom. The molecule has 0 heterocycles. The third kappa shape index (κ3) is 2.01. The summed E-state index contributed by atoms with van der Waals surface area (Å²) in [7, 11) is 2.10. The van der Waals surface area contributed by atoms with E-state index in [1.54, 1.807) is 0 Å². The zero-order chi connectivity index (χ0) is 10.6. The van der Waals surface area contributed by atoms with E-state index in [9.17, 15) is 0 Å². The van der Waals surface area contributed by atoms with Crippen LogP contribution in [-0.2, 0) is 0 Å². The van der Waals surface area contributed by atoms with Gasteiger partial charge in [0.2, 0.25) is 0 Å². The maximum Gasteiger partial charge on any atom is 0.0558 e. The molecule has 82 valence electrons. The first-order valence-corrected chi connectivity index (χ1v) is 5.63. The fourth-order valence-corrected chi connectivity index (χ4v) is 2.74. The van der Waals surface area contributed by atoms with Crippen LogP contribution < -0.4 is 0 Å². The molecule has 1 N–H and O–H groups in total. The highest BCUT2D eigenvalue weighted by atomic mass is 16.3. The van der Waals surface area contributed by atoms with E-state index in [-0.39, 0.29) is 12.1 Å². The molecule has 0 saturated heterocycles. The van der Waals surface area contributed by atoms with Crippen molar-refractivity contribution < 1.29 is 5.11 Å². The van der Waals surface area contributed by atoms with Gasteiger partial charge >= 0.3 is 0 Å². The van der Waals surface area contributed by atoms with Crippen LogP contribution in [-0.4, -0.2) is 35.7 Å². The number of likely N-dealkylation sites (N-methyl/N-ethyl adjacent to an activating group) is 1. The fraction of sp³-hybridized carbons (Fsp3) is 0.833. The molecule has 1 fully saturated rings. The summed E-state index contributed by atoms with van der Waals surface area (Å²) < 4.78 is 0. The highest BCUT2D eigenvalue weighted by Gasteiger charge is 2.38. The number of rotatable bonds is 4. The Balaban J connectivity index is 2.76. The van der Waals surface area contributed by atoms with Gasteiger partial charge in [0.05, 0.1) is 6.61 Å². The molecular formula is C12H23NO. The van der Waals surface area contributed by atoms with Crippen molar-refractivity contribution >= 4 is 0 Å². The third-order valence-electron chi connectivity index (χ3n) is 3.82. The molecular weight excluding hydrogens is 174 g/mol. The van der Waals surface area contributed by atoms with E-state index >= 15 is 0 Å². The molecule has 1 rings (SSSR count). The first-order valence-electron chi connectivity index (χ1n) is 5.63. The van der Waals surface area contributed by atoms with E-state index in [1.165, 1.54) is 25.7 Å². The molecule has 0 aromatic heterocycles. The predicted molar refractivity (Wildman–Crippen MR) is 60.3 cm³/mol. The Bertz CT molecular complexity index is 193. The molecule has 0 bridgehead atoms. The number of aliphatic hydroxyl groups excluding tert-OH is 1. The minimum absolute atomic E-state index is 0.126. The number of hydrogen-bond donors (Lipinski definition) is 1. The Morgan fingerprint density at radius 3 is 2.79 bits per heavy atom. The summed E-state index contributed by atoms with van der Waals surface area (Å²) in [6.45, 7) is 7.27. The summed E-state index contributed by atoms with van der Waals surface area (Å²) in [4.78, 5) is 2.27. The quantitative estimate of drug-likeness (QED) is 0.697. The molecule has 2 heteroatoms. The molecule has 1 saturated carbocycles.